The molecule has 1 saturated heterocycles. The number of rotatable bonds is 4. The number of nitrogens with one attached hydrogen (secondary N) is 1. The topological polar surface area (TPSA) is 101 Å². The minimum atomic E-state index is -3.29. The maximum atomic E-state index is 12.3. The van der Waals surface area contributed by atoms with E-state index >= 15 is 0 Å². The van der Waals surface area contributed by atoms with E-state index in [2.05, 4.69) is 5.32 Å². The van der Waals surface area contributed by atoms with Gasteiger partial charge in [0.25, 0.3) is 11.1 Å². The van der Waals surface area contributed by atoms with E-state index in [4.69, 9.17) is 0 Å². The zero-order valence-electron chi connectivity index (χ0n) is 12.9. The monoisotopic (exact) mass is 378 g/mol. The number of carbonyl (C=O) groups excluding carboxylic acids is 3. The number of carbonyl (C=O) groups is 3. The molecule has 3 rings (SSSR count). The average molecular weight is 378 g/mol. The Labute approximate surface area is 148 Å². The summed E-state index contributed by atoms with van der Waals surface area (Å²) in [6.07, 6.45) is 2.96. The van der Waals surface area contributed by atoms with E-state index in [9.17, 15) is 22.8 Å². The molecule has 1 N–H and O–H groups in total. The molecule has 3 amide bonds. The van der Waals surface area contributed by atoms with Gasteiger partial charge in [0, 0.05) is 5.41 Å². The Morgan fingerprint density at radius 1 is 1.28 bits per heavy atom. The van der Waals surface area contributed by atoms with Crippen molar-refractivity contribution in [3.05, 3.63) is 52.3 Å². The molecule has 1 atom stereocenters. The SMILES string of the molecule is O=C(CN1C(=O)S/C(=C/c2ccccc2)C1=O)N[C@H]1C=CS(=O)(=O)C1. The molecular formula is C16H14N2O5S2. The zero-order valence-corrected chi connectivity index (χ0v) is 14.5. The molecule has 130 valence electrons. The van der Waals surface area contributed by atoms with Crippen LogP contribution in [0.5, 0.6) is 0 Å². The van der Waals surface area contributed by atoms with Crippen molar-refractivity contribution in [1.82, 2.24) is 10.2 Å². The Bertz CT molecular complexity index is 890. The fourth-order valence-corrected chi connectivity index (χ4v) is 4.47. The van der Waals surface area contributed by atoms with Gasteiger partial charge in [-0.1, -0.05) is 30.3 Å². The Morgan fingerprint density at radius 3 is 2.64 bits per heavy atom. The van der Waals surface area contributed by atoms with Gasteiger partial charge in [-0.25, -0.2) is 8.42 Å². The van der Waals surface area contributed by atoms with Crippen LogP contribution in [0.3, 0.4) is 0 Å². The molecule has 25 heavy (non-hydrogen) atoms. The van der Waals surface area contributed by atoms with Crippen LogP contribution in [-0.2, 0) is 19.4 Å². The third-order valence-corrected chi connectivity index (χ3v) is 5.85. The molecule has 1 aromatic carbocycles. The Hall–Kier alpha value is -2.39. The van der Waals surface area contributed by atoms with Crippen LogP contribution in [0, 0.1) is 0 Å². The maximum absolute atomic E-state index is 12.3. The lowest BCUT2D eigenvalue weighted by molar-refractivity contribution is -0.129. The molecule has 1 fully saturated rings. The largest absolute Gasteiger partial charge is 0.347 e. The van der Waals surface area contributed by atoms with E-state index in [1.807, 2.05) is 18.2 Å². The van der Waals surface area contributed by atoms with Gasteiger partial charge in [-0.05, 0) is 29.5 Å². The third-order valence-electron chi connectivity index (χ3n) is 3.55. The molecule has 9 heteroatoms. The van der Waals surface area contributed by atoms with Crippen molar-refractivity contribution in [2.24, 2.45) is 0 Å². The summed E-state index contributed by atoms with van der Waals surface area (Å²) in [6, 6.07) is 8.42. The average Bonchev–Trinajstić information content (AvgIpc) is 3.02. The van der Waals surface area contributed by atoms with Gasteiger partial charge >= 0.3 is 0 Å². The van der Waals surface area contributed by atoms with Crippen molar-refractivity contribution in [2.45, 2.75) is 6.04 Å². The number of imide groups is 1. The first-order valence-electron chi connectivity index (χ1n) is 7.35. The highest BCUT2D eigenvalue weighted by Gasteiger charge is 2.36. The van der Waals surface area contributed by atoms with Crippen LogP contribution in [0.1, 0.15) is 5.56 Å². The van der Waals surface area contributed by atoms with E-state index in [1.165, 1.54) is 6.08 Å². The number of benzene rings is 1. The molecule has 0 saturated carbocycles. The predicted molar refractivity (Wildman–Crippen MR) is 94.0 cm³/mol. The smallest absolute Gasteiger partial charge is 0.294 e. The van der Waals surface area contributed by atoms with E-state index < -0.39 is 39.5 Å². The van der Waals surface area contributed by atoms with Gasteiger partial charge in [0.2, 0.25) is 5.91 Å². The number of nitrogens with zero attached hydrogens (tertiary/aromatic N) is 1. The van der Waals surface area contributed by atoms with Crippen molar-refractivity contribution in [3.8, 4) is 0 Å². The lowest BCUT2D eigenvalue weighted by Crippen LogP contribution is -2.43. The van der Waals surface area contributed by atoms with E-state index in [-0.39, 0.29) is 10.7 Å². The summed E-state index contributed by atoms with van der Waals surface area (Å²) in [6.45, 7) is -0.443. The van der Waals surface area contributed by atoms with Crippen LogP contribution in [-0.4, -0.2) is 48.7 Å². The van der Waals surface area contributed by atoms with E-state index in [1.54, 1.807) is 18.2 Å². The van der Waals surface area contributed by atoms with Crippen molar-refractivity contribution in [3.63, 3.8) is 0 Å². The van der Waals surface area contributed by atoms with Crippen LogP contribution in [0.15, 0.2) is 46.7 Å². The van der Waals surface area contributed by atoms with E-state index in [0.29, 0.717) is 0 Å². The summed E-state index contributed by atoms with van der Waals surface area (Å²) < 4.78 is 22.6. The van der Waals surface area contributed by atoms with Gasteiger partial charge in [-0.3, -0.25) is 19.3 Å². The maximum Gasteiger partial charge on any atom is 0.294 e. The predicted octanol–water partition coefficient (Wildman–Crippen LogP) is 1.15. The second-order valence-electron chi connectivity index (χ2n) is 5.51. The number of hydrogen-bond acceptors (Lipinski definition) is 6. The van der Waals surface area contributed by atoms with Gasteiger partial charge in [-0.2, -0.15) is 0 Å². The van der Waals surface area contributed by atoms with Crippen LogP contribution >= 0.6 is 11.8 Å². The molecule has 0 bridgehead atoms. The fraction of sp³-hybridized carbons (Fsp3) is 0.188. The molecule has 2 heterocycles. The van der Waals surface area contributed by atoms with E-state index in [0.717, 1.165) is 27.6 Å². The summed E-state index contributed by atoms with van der Waals surface area (Å²) in [5.41, 5.74) is 0.777. The van der Waals surface area contributed by atoms with Crippen LogP contribution in [0.25, 0.3) is 6.08 Å². The number of sulfone groups is 1. The molecule has 0 unspecified atom stereocenters. The molecule has 0 aromatic heterocycles. The summed E-state index contributed by atoms with van der Waals surface area (Å²) in [5.74, 6) is -1.34. The molecule has 0 aliphatic carbocycles. The Morgan fingerprint density at radius 2 is 2.00 bits per heavy atom. The summed E-state index contributed by atoms with van der Waals surface area (Å²) >= 11 is 0.770. The highest BCUT2D eigenvalue weighted by atomic mass is 32.2. The lowest BCUT2D eigenvalue weighted by atomic mass is 10.2. The first-order valence-corrected chi connectivity index (χ1v) is 9.88. The molecule has 1 aromatic rings. The fourth-order valence-electron chi connectivity index (χ4n) is 2.40. The van der Waals surface area contributed by atoms with Crippen LogP contribution in [0.2, 0.25) is 0 Å². The number of amides is 3. The molecule has 0 spiro atoms. The zero-order chi connectivity index (χ0) is 18.0. The Balaban J connectivity index is 1.64. The van der Waals surface area contributed by atoms with Gasteiger partial charge in [-0.15, -0.1) is 0 Å². The van der Waals surface area contributed by atoms with Crippen molar-refractivity contribution < 1.29 is 22.8 Å². The van der Waals surface area contributed by atoms with Crippen molar-refractivity contribution >= 4 is 44.7 Å². The van der Waals surface area contributed by atoms with Crippen LogP contribution < -0.4 is 5.32 Å². The quantitative estimate of drug-likeness (QED) is 0.789. The Kier molecular flexibility index (Phi) is 4.78. The highest BCUT2D eigenvalue weighted by molar-refractivity contribution is 8.18. The summed E-state index contributed by atoms with van der Waals surface area (Å²) in [7, 11) is -3.29. The van der Waals surface area contributed by atoms with Gasteiger partial charge in [0.1, 0.15) is 6.54 Å². The molecule has 2 aliphatic rings. The third kappa shape index (κ3) is 4.18. The first-order chi connectivity index (χ1) is 11.8. The van der Waals surface area contributed by atoms with Gasteiger partial charge in [0.15, 0.2) is 9.84 Å². The van der Waals surface area contributed by atoms with Crippen LogP contribution in [0.4, 0.5) is 4.79 Å². The molecule has 7 nitrogen and oxygen atoms in total. The second kappa shape index (κ2) is 6.85. The molecule has 0 radical (unpaired) electrons. The second-order valence-corrected chi connectivity index (χ2v) is 8.44. The van der Waals surface area contributed by atoms with Crippen molar-refractivity contribution in [1.29, 1.82) is 0 Å². The standard InChI is InChI=1S/C16H14N2O5S2/c19-14(17-12-6-7-25(22,23)10-12)9-18-15(20)13(24-16(18)21)8-11-4-2-1-3-5-11/h1-8,12H,9-10H2,(H,17,19)/b13-8+/t12-/m0/s1. The lowest BCUT2D eigenvalue weighted by Gasteiger charge is -2.14. The number of hydrogen-bond donors (Lipinski definition) is 1. The van der Waals surface area contributed by atoms with Gasteiger partial charge in [0.05, 0.1) is 16.7 Å². The minimum absolute atomic E-state index is 0.214. The summed E-state index contributed by atoms with van der Waals surface area (Å²) in [5, 5.41) is 3.00. The van der Waals surface area contributed by atoms with Gasteiger partial charge < -0.3 is 5.32 Å². The van der Waals surface area contributed by atoms with Crippen molar-refractivity contribution in [2.75, 3.05) is 12.3 Å². The number of thioether (sulfide) groups is 1. The minimum Gasteiger partial charge on any atom is -0.347 e. The molecule has 2 aliphatic heterocycles. The first kappa shape index (κ1) is 17.4. The highest BCUT2D eigenvalue weighted by Crippen LogP contribution is 2.31. The summed E-state index contributed by atoms with van der Waals surface area (Å²) in [4.78, 5) is 37.4. The normalized spacial score (nSPS) is 23.4. The molecular weight excluding hydrogens is 364 g/mol.